The molecule has 2 fully saturated rings. The van der Waals surface area contributed by atoms with Gasteiger partial charge in [-0.25, -0.2) is 0 Å². The average Bonchev–Trinajstić information content (AvgIpc) is 2.84. The van der Waals surface area contributed by atoms with Crippen molar-refractivity contribution in [1.29, 1.82) is 0 Å². The lowest BCUT2D eigenvalue weighted by atomic mass is 10.0. The molecule has 2 aliphatic rings. The molecule has 0 spiro atoms. The summed E-state index contributed by atoms with van der Waals surface area (Å²) in [7, 11) is 0. The Hall–Kier alpha value is -2.57. The molecule has 0 unspecified atom stereocenters. The smallest absolute Gasteiger partial charge is 0.256 e. The number of hydrogen-bond donors (Lipinski definition) is 1. The van der Waals surface area contributed by atoms with Crippen LogP contribution in [0.5, 0.6) is 0 Å². The van der Waals surface area contributed by atoms with Gasteiger partial charge < -0.3 is 20.0 Å². The number of para-hydroxylation sites is 1. The van der Waals surface area contributed by atoms with Crippen LogP contribution < -0.4 is 10.2 Å². The summed E-state index contributed by atoms with van der Waals surface area (Å²) in [6, 6.07) is 15.0. The minimum absolute atomic E-state index is 0.0900. The quantitative estimate of drug-likeness (QED) is 0.751. The number of piperazine rings is 1. The molecule has 0 aliphatic carbocycles. The minimum Gasteiger partial charge on any atom is -0.371 e. The Labute approximate surface area is 195 Å². The summed E-state index contributed by atoms with van der Waals surface area (Å²) in [6.45, 7) is 8.21. The van der Waals surface area contributed by atoms with E-state index in [9.17, 15) is 9.59 Å². The van der Waals surface area contributed by atoms with E-state index in [-0.39, 0.29) is 17.9 Å². The SMILES string of the molecule is CCN1CCN(C(=O)c2ccccc2N2CCC(NC(=O)c3cccc(Cl)c3)CC2)CC1. The van der Waals surface area contributed by atoms with E-state index in [1.54, 1.807) is 24.3 Å². The monoisotopic (exact) mass is 454 g/mol. The Morgan fingerprint density at radius 3 is 2.38 bits per heavy atom. The van der Waals surface area contributed by atoms with Crippen molar-refractivity contribution in [1.82, 2.24) is 15.1 Å². The van der Waals surface area contributed by atoms with Crippen LogP contribution in [0.2, 0.25) is 5.02 Å². The number of nitrogens with one attached hydrogen (secondary N) is 1. The summed E-state index contributed by atoms with van der Waals surface area (Å²) < 4.78 is 0. The predicted molar refractivity (Wildman–Crippen MR) is 129 cm³/mol. The predicted octanol–water partition coefficient (Wildman–Crippen LogP) is 3.52. The third kappa shape index (κ3) is 5.25. The summed E-state index contributed by atoms with van der Waals surface area (Å²) in [6.07, 6.45) is 1.67. The van der Waals surface area contributed by atoms with Crippen LogP contribution in [0.25, 0.3) is 0 Å². The van der Waals surface area contributed by atoms with Crippen molar-refractivity contribution in [3.05, 3.63) is 64.7 Å². The summed E-state index contributed by atoms with van der Waals surface area (Å²) >= 11 is 6.01. The van der Waals surface area contributed by atoms with E-state index in [0.717, 1.165) is 69.9 Å². The third-order valence-corrected chi connectivity index (χ3v) is 6.73. The molecule has 0 atom stereocenters. The zero-order valence-corrected chi connectivity index (χ0v) is 19.4. The van der Waals surface area contributed by atoms with Gasteiger partial charge >= 0.3 is 0 Å². The maximum absolute atomic E-state index is 13.3. The van der Waals surface area contributed by atoms with Gasteiger partial charge in [0.2, 0.25) is 0 Å². The van der Waals surface area contributed by atoms with Crippen molar-refractivity contribution in [3.63, 3.8) is 0 Å². The highest BCUT2D eigenvalue weighted by Crippen LogP contribution is 2.26. The molecule has 2 aromatic rings. The van der Waals surface area contributed by atoms with E-state index in [1.165, 1.54) is 0 Å². The van der Waals surface area contributed by atoms with Crippen molar-refractivity contribution in [2.24, 2.45) is 0 Å². The van der Waals surface area contributed by atoms with Gasteiger partial charge in [0, 0.05) is 61.6 Å². The topological polar surface area (TPSA) is 55.9 Å². The Morgan fingerprint density at radius 1 is 0.969 bits per heavy atom. The largest absolute Gasteiger partial charge is 0.371 e. The number of piperidine rings is 1. The molecule has 0 radical (unpaired) electrons. The second-order valence-electron chi connectivity index (χ2n) is 8.49. The number of halogens is 1. The van der Waals surface area contributed by atoms with E-state index in [2.05, 4.69) is 22.0 Å². The number of amides is 2. The van der Waals surface area contributed by atoms with Gasteiger partial charge in [-0.15, -0.1) is 0 Å². The third-order valence-electron chi connectivity index (χ3n) is 6.50. The Bertz CT molecular complexity index is 950. The van der Waals surface area contributed by atoms with Gasteiger partial charge in [0.05, 0.1) is 5.56 Å². The second kappa shape index (κ2) is 10.4. The van der Waals surface area contributed by atoms with Crippen molar-refractivity contribution in [2.75, 3.05) is 50.7 Å². The lowest BCUT2D eigenvalue weighted by Gasteiger charge is -2.37. The minimum atomic E-state index is -0.0900. The standard InChI is InChI=1S/C25H31ClN4O2/c1-2-28-14-16-30(17-15-28)25(32)22-8-3-4-9-23(22)29-12-10-21(11-13-29)27-24(31)19-6-5-7-20(26)18-19/h3-9,18,21H,2,10-17H2,1H3,(H,27,31). The second-order valence-corrected chi connectivity index (χ2v) is 8.93. The fourth-order valence-corrected chi connectivity index (χ4v) is 4.72. The Morgan fingerprint density at radius 2 is 1.69 bits per heavy atom. The number of hydrogen-bond acceptors (Lipinski definition) is 4. The van der Waals surface area contributed by atoms with Crippen molar-refractivity contribution in [2.45, 2.75) is 25.8 Å². The van der Waals surface area contributed by atoms with Gasteiger partial charge in [0.25, 0.3) is 11.8 Å². The van der Waals surface area contributed by atoms with Crippen LogP contribution in [0.3, 0.4) is 0 Å². The Kier molecular flexibility index (Phi) is 7.33. The molecule has 0 saturated carbocycles. The lowest BCUT2D eigenvalue weighted by Crippen LogP contribution is -2.49. The van der Waals surface area contributed by atoms with Crippen LogP contribution in [0.1, 0.15) is 40.5 Å². The molecule has 2 saturated heterocycles. The number of nitrogens with zero attached hydrogens (tertiary/aromatic N) is 3. The summed E-state index contributed by atoms with van der Waals surface area (Å²) in [5, 5.41) is 3.69. The maximum atomic E-state index is 13.3. The first-order chi connectivity index (χ1) is 15.5. The molecular weight excluding hydrogens is 424 g/mol. The number of carbonyl (C=O) groups is 2. The molecule has 32 heavy (non-hydrogen) atoms. The molecule has 7 heteroatoms. The zero-order chi connectivity index (χ0) is 22.5. The fraction of sp³-hybridized carbons (Fsp3) is 0.440. The molecule has 1 N–H and O–H groups in total. The highest BCUT2D eigenvalue weighted by atomic mass is 35.5. The van der Waals surface area contributed by atoms with Gasteiger partial charge in [0.1, 0.15) is 0 Å². The van der Waals surface area contributed by atoms with Gasteiger partial charge in [0.15, 0.2) is 0 Å². The highest BCUT2D eigenvalue weighted by Gasteiger charge is 2.27. The first-order valence-electron chi connectivity index (χ1n) is 11.5. The molecule has 2 heterocycles. The van der Waals surface area contributed by atoms with Gasteiger partial charge in [-0.2, -0.15) is 0 Å². The lowest BCUT2D eigenvalue weighted by molar-refractivity contribution is 0.0644. The molecule has 2 aliphatic heterocycles. The molecule has 0 aromatic heterocycles. The summed E-state index contributed by atoms with van der Waals surface area (Å²) in [5.74, 6) is 0.0282. The highest BCUT2D eigenvalue weighted by molar-refractivity contribution is 6.30. The van der Waals surface area contributed by atoms with Crippen molar-refractivity contribution < 1.29 is 9.59 Å². The number of carbonyl (C=O) groups excluding carboxylic acids is 2. The molecule has 0 bridgehead atoms. The molecular formula is C25H31ClN4O2. The summed E-state index contributed by atoms with van der Waals surface area (Å²) in [4.78, 5) is 32.4. The van der Waals surface area contributed by atoms with Crippen LogP contribution in [-0.2, 0) is 0 Å². The first kappa shape index (κ1) is 22.6. The van der Waals surface area contributed by atoms with E-state index in [1.807, 2.05) is 29.2 Å². The maximum Gasteiger partial charge on any atom is 0.256 e. The average molecular weight is 455 g/mol. The normalized spacial score (nSPS) is 17.9. The van der Waals surface area contributed by atoms with Crippen LogP contribution in [0.15, 0.2) is 48.5 Å². The number of rotatable bonds is 5. The fourth-order valence-electron chi connectivity index (χ4n) is 4.53. The van der Waals surface area contributed by atoms with Crippen LogP contribution >= 0.6 is 11.6 Å². The van der Waals surface area contributed by atoms with E-state index in [4.69, 9.17) is 11.6 Å². The molecule has 170 valence electrons. The van der Waals surface area contributed by atoms with Crippen molar-refractivity contribution >= 4 is 29.1 Å². The first-order valence-corrected chi connectivity index (χ1v) is 11.8. The molecule has 2 aromatic carbocycles. The number of benzene rings is 2. The van der Waals surface area contributed by atoms with Gasteiger partial charge in [-0.05, 0) is 49.7 Å². The number of likely N-dealkylation sites (N-methyl/N-ethyl adjacent to an activating group) is 1. The van der Waals surface area contributed by atoms with E-state index < -0.39 is 0 Å². The molecule has 4 rings (SSSR count). The van der Waals surface area contributed by atoms with Crippen LogP contribution in [0, 0.1) is 0 Å². The van der Waals surface area contributed by atoms with E-state index >= 15 is 0 Å². The van der Waals surface area contributed by atoms with Gasteiger partial charge in [-0.1, -0.05) is 36.7 Å². The van der Waals surface area contributed by atoms with Crippen LogP contribution in [0.4, 0.5) is 5.69 Å². The summed E-state index contributed by atoms with van der Waals surface area (Å²) in [5.41, 5.74) is 2.35. The van der Waals surface area contributed by atoms with Gasteiger partial charge in [-0.3, -0.25) is 9.59 Å². The zero-order valence-electron chi connectivity index (χ0n) is 18.6. The number of anilines is 1. The Balaban J connectivity index is 1.37. The molecule has 2 amide bonds. The molecule has 6 nitrogen and oxygen atoms in total. The van der Waals surface area contributed by atoms with E-state index in [0.29, 0.717) is 10.6 Å². The van der Waals surface area contributed by atoms with Crippen molar-refractivity contribution in [3.8, 4) is 0 Å². The van der Waals surface area contributed by atoms with Crippen LogP contribution in [-0.4, -0.2) is 73.5 Å².